The molecule has 2 heterocycles. The molecule has 6 nitrogen and oxygen atoms in total. The number of hydrogen-bond acceptors (Lipinski definition) is 5. The quantitative estimate of drug-likeness (QED) is 0.602. The summed E-state index contributed by atoms with van der Waals surface area (Å²) in [5.41, 5.74) is 1.21. The van der Waals surface area contributed by atoms with Gasteiger partial charge in [-0.1, -0.05) is 18.2 Å². The fourth-order valence-electron chi connectivity index (χ4n) is 3.27. The van der Waals surface area contributed by atoms with Crippen molar-refractivity contribution < 1.29 is 28.2 Å². The van der Waals surface area contributed by atoms with E-state index >= 15 is 0 Å². The van der Waals surface area contributed by atoms with Gasteiger partial charge in [-0.25, -0.2) is 9.18 Å². The number of carbonyl (C=O) groups excluding carboxylic acids is 2. The summed E-state index contributed by atoms with van der Waals surface area (Å²) >= 11 is 0. The van der Waals surface area contributed by atoms with Crippen LogP contribution in [0.15, 0.2) is 59.3 Å². The van der Waals surface area contributed by atoms with Gasteiger partial charge >= 0.3 is 5.97 Å². The first kappa shape index (κ1) is 17.8. The molecule has 0 saturated carbocycles. The van der Waals surface area contributed by atoms with Crippen LogP contribution in [0.3, 0.4) is 0 Å². The average Bonchev–Trinajstić information content (AvgIpc) is 3.25. The van der Waals surface area contributed by atoms with E-state index in [9.17, 15) is 14.0 Å². The number of methoxy groups -OCH3 is 1. The van der Waals surface area contributed by atoms with Crippen molar-refractivity contribution in [2.75, 3.05) is 18.8 Å². The molecule has 0 saturated heterocycles. The van der Waals surface area contributed by atoms with Crippen LogP contribution in [0.5, 0.6) is 11.5 Å². The molecular formula is C21H16FNO5. The molecule has 2 aliphatic rings. The molecule has 1 amide bonds. The highest BCUT2D eigenvalue weighted by molar-refractivity contribution is 6.23. The van der Waals surface area contributed by atoms with E-state index in [1.165, 1.54) is 30.2 Å². The Morgan fingerprint density at radius 3 is 2.68 bits per heavy atom. The molecule has 0 unspecified atom stereocenters. The van der Waals surface area contributed by atoms with Gasteiger partial charge in [-0.15, -0.1) is 0 Å². The maximum Gasteiger partial charge on any atom is 0.340 e. The molecule has 2 aromatic rings. The molecule has 0 spiro atoms. The minimum absolute atomic E-state index is 0.0699. The Bertz CT molecular complexity index is 1060. The van der Waals surface area contributed by atoms with E-state index in [0.29, 0.717) is 22.8 Å². The van der Waals surface area contributed by atoms with Crippen LogP contribution < -0.4 is 14.4 Å². The standard InChI is InChI=1S/C21H16FNO5/c1-12-19(21(25)26-2)14(9-13-7-8-17-18(10-13)28-11-27-17)20(24)23(12)16-6-4-3-5-15(16)22/h3-10H,11H2,1-2H3/b14-9+. The maximum absolute atomic E-state index is 14.3. The molecule has 4 rings (SSSR count). The number of nitrogens with zero attached hydrogens (tertiary/aromatic N) is 1. The first-order valence-electron chi connectivity index (χ1n) is 8.51. The number of para-hydroxylation sites is 1. The fraction of sp³-hybridized carbons (Fsp3) is 0.143. The molecule has 2 aliphatic heterocycles. The topological polar surface area (TPSA) is 65.1 Å². The Morgan fingerprint density at radius 1 is 1.18 bits per heavy atom. The Labute approximate surface area is 160 Å². The van der Waals surface area contributed by atoms with Gasteiger partial charge in [0, 0.05) is 5.70 Å². The number of halogens is 1. The van der Waals surface area contributed by atoms with Crippen LogP contribution in [0, 0.1) is 5.82 Å². The summed E-state index contributed by atoms with van der Waals surface area (Å²) in [5, 5.41) is 0. The Kier molecular flexibility index (Phi) is 4.35. The Morgan fingerprint density at radius 2 is 1.93 bits per heavy atom. The number of ether oxygens (including phenoxy) is 3. The molecule has 0 aliphatic carbocycles. The summed E-state index contributed by atoms with van der Waals surface area (Å²) in [4.78, 5) is 26.7. The summed E-state index contributed by atoms with van der Waals surface area (Å²) in [5.74, 6) is -0.597. The predicted molar refractivity (Wildman–Crippen MR) is 99.1 cm³/mol. The van der Waals surface area contributed by atoms with Crippen molar-refractivity contribution in [1.29, 1.82) is 0 Å². The van der Waals surface area contributed by atoms with Gasteiger partial charge in [-0.05, 0) is 42.8 Å². The van der Waals surface area contributed by atoms with Crippen molar-refractivity contribution in [3.63, 3.8) is 0 Å². The van der Waals surface area contributed by atoms with Gasteiger partial charge in [0.1, 0.15) is 5.82 Å². The van der Waals surface area contributed by atoms with Gasteiger partial charge in [-0.3, -0.25) is 9.69 Å². The first-order chi connectivity index (χ1) is 13.5. The number of benzene rings is 2. The third kappa shape index (κ3) is 2.81. The number of anilines is 1. The fourth-order valence-corrected chi connectivity index (χ4v) is 3.27. The van der Waals surface area contributed by atoms with Crippen molar-refractivity contribution in [2.45, 2.75) is 6.92 Å². The van der Waals surface area contributed by atoms with E-state index < -0.39 is 17.7 Å². The summed E-state index contributed by atoms with van der Waals surface area (Å²) in [6.07, 6.45) is 1.56. The highest BCUT2D eigenvalue weighted by atomic mass is 19.1. The van der Waals surface area contributed by atoms with E-state index in [4.69, 9.17) is 14.2 Å². The number of allylic oxidation sites excluding steroid dienone is 1. The molecule has 0 fully saturated rings. The second-order valence-electron chi connectivity index (χ2n) is 6.21. The zero-order chi connectivity index (χ0) is 19.8. The van der Waals surface area contributed by atoms with Gasteiger partial charge in [0.25, 0.3) is 5.91 Å². The van der Waals surface area contributed by atoms with Crippen molar-refractivity contribution in [3.05, 3.63) is 70.7 Å². The van der Waals surface area contributed by atoms with Crippen molar-refractivity contribution in [2.24, 2.45) is 0 Å². The van der Waals surface area contributed by atoms with Crippen molar-refractivity contribution in [3.8, 4) is 11.5 Å². The first-order valence-corrected chi connectivity index (χ1v) is 8.51. The van der Waals surface area contributed by atoms with Gasteiger partial charge in [0.2, 0.25) is 6.79 Å². The molecular weight excluding hydrogens is 365 g/mol. The van der Waals surface area contributed by atoms with Gasteiger partial charge in [-0.2, -0.15) is 0 Å². The summed E-state index contributed by atoms with van der Waals surface area (Å²) < 4.78 is 29.8. The molecule has 2 aromatic carbocycles. The van der Waals surface area contributed by atoms with E-state index in [1.54, 1.807) is 37.3 Å². The molecule has 0 N–H and O–H groups in total. The summed E-state index contributed by atoms with van der Waals surface area (Å²) in [6, 6.07) is 11.1. The lowest BCUT2D eigenvalue weighted by Gasteiger charge is -2.18. The maximum atomic E-state index is 14.3. The third-order valence-electron chi connectivity index (χ3n) is 4.59. The predicted octanol–water partition coefficient (Wildman–Crippen LogP) is 3.43. The minimum atomic E-state index is -0.670. The van der Waals surface area contributed by atoms with Crippen molar-refractivity contribution >= 4 is 23.6 Å². The number of carbonyl (C=O) groups is 2. The van der Waals surface area contributed by atoms with Crippen LogP contribution in [0.1, 0.15) is 12.5 Å². The Hall–Kier alpha value is -3.61. The lowest BCUT2D eigenvalue weighted by atomic mass is 10.0. The van der Waals surface area contributed by atoms with Gasteiger partial charge in [0.05, 0.1) is 23.9 Å². The average molecular weight is 381 g/mol. The number of hydrogen-bond donors (Lipinski definition) is 0. The molecule has 0 radical (unpaired) electrons. The van der Waals surface area contributed by atoms with Gasteiger partial charge < -0.3 is 14.2 Å². The summed E-state index contributed by atoms with van der Waals surface area (Å²) in [7, 11) is 1.23. The molecule has 28 heavy (non-hydrogen) atoms. The largest absolute Gasteiger partial charge is 0.465 e. The van der Waals surface area contributed by atoms with Crippen LogP contribution in [0.4, 0.5) is 10.1 Å². The number of fused-ring (bicyclic) bond motifs is 1. The molecule has 0 bridgehead atoms. The third-order valence-corrected chi connectivity index (χ3v) is 4.59. The molecule has 142 valence electrons. The van der Waals surface area contributed by atoms with E-state index in [0.717, 1.165) is 0 Å². The van der Waals surface area contributed by atoms with Crippen molar-refractivity contribution in [1.82, 2.24) is 0 Å². The lowest BCUT2D eigenvalue weighted by molar-refractivity contribution is -0.136. The highest BCUT2D eigenvalue weighted by Crippen LogP contribution is 2.38. The molecule has 0 aromatic heterocycles. The SMILES string of the molecule is COC(=O)C1=C(C)N(c2ccccc2F)C(=O)/C1=C/c1ccc2c(c1)OCO2. The van der Waals surface area contributed by atoms with Crippen LogP contribution in [-0.4, -0.2) is 25.8 Å². The monoisotopic (exact) mass is 381 g/mol. The number of rotatable bonds is 3. The second kappa shape index (κ2) is 6.84. The second-order valence-corrected chi connectivity index (χ2v) is 6.21. The van der Waals surface area contributed by atoms with E-state index in [-0.39, 0.29) is 23.6 Å². The van der Waals surface area contributed by atoms with E-state index in [1.807, 2.05) is 0 Å². The lowest BCUT2D eigenvalue weighted by Crippen LogP contribution is -2.25. The Balaban J connectivity index is 1.83. The zero-order valence-electron chi connectivity index (χ0n) is 15.2. The zero-order valence-corrected chi connectivity index (χ0v) is 15.2. The van der Waals surface area contributed by atoms with Crippen LogP contribution in [0.2, 0.25) is 0 Å². The molecule has 0 atom stereocenters. The minimum Gasteiger partial charge on any atom is -0.465 e. The summed E-state index contributed by atoms with van der Waals surface area (Å²) in [6.45, 7) is 1.71. The smallest absolute Gasteiger partial charge is 0.340 e. The normalized spacial score (nSPS) is 16.9. The molecule has 7 heteroatoms. The number of esters is 1. The van der Waals surface area contributed by atoms with Crippen LogP contribution in [0.25, 0.3) is 6.08 Å². The van der Waals surface area contributed by atoms with Crippen LogP contribution in [-0.2, 0) is 14.3 Å². The van der Waals surface area contributed by atoms with E-state index in [2.05, 4.69) is 0 Å². The highest BCUT2D eigenvalue weighted by Gasteiger charge is 2.38. The van der Waals surface area contributed by atoms with Gasteiger partial charge in [0.15, 0.2) is 11.5 Å². The number of amides is 1. The van der Waals surface area contributed by atoms with Crippen LogP contribution >= 0.6 is 0 Å².